The molecule has 0 fully saturated rings. The van der Waals surface area contributed by atoms with Crippen LogP contribution >= 0.6 is 0 Å². The summed E-state index contributed by atoms with van der Waals surface area (Å²) in [5.41, 5.74) is 4.98. The maximum atomic E-state index is 4.52. The van der Waals surface area contributed by atoms with E-state index in [1.165, 1.54) is 16.8 Å². The maximum Gasteiger partial charge on any atom is 0.0596 e. The van der Waals surface area contributed by atoms with Gasteiger partial charge in [-0.2, -0.15) is 5.10 Å². The van der Waals surface area contributed by atoms with E-state index in [1.54, 1.807) is 0 Å². The third-order valence-corrected chi connectivity index (χ3v) is 3.73. The minimum absolute atomic E-state index is 0.388. The van der Waals surface area contributed by atoms with Crippen LogP contribution in [0.5, 0.6) is 0 Å². The van der Waals surface area contributed by atoms with Gasteiger partial charge in [0.05, 0.1) is 12.2 Å². The number of aryl methyl sites for hydroxylation is 2. The molecule has 4 nitrogen and oxygen atoms in total. The number of aromatic nitrogens is 2. The Labute approximate surface area is 134 Å². The van der Waals surface area contributed by atoms with E-state index in [0.29, 0.717) is 6.04 Å². The summed E-state index contributed by atoms with van der Waals surface area (Å²) in [5, 5.41) is 8.09. The molecule has 0 amide bonds. The molecule has 0 aliphatic heterocycles. The van der Waals surface area contributed by atoms with Crippen molar-refractivity contribution in [1.29, 1.82) is 0 Å². The zero-order valence-electron chi connectivity index (χ0n) is 14.4. The van der Waals surface area contributed by atoms with Gasteiger partial charge in [0.25, 0.3) is 0 Å². The van der Waals surface area contributed by atoms with Gasteiger partial charge in [0, 0.05) is 24.8 Å². The molecule has 0 unspecified atom stereocenters. The van der Waals surface area contributed by atoms with Crippen molar-refractivity contribution in [1.82, 2.24) is 20.0 Å². The molecule has 1 atom stereocenters. The molecule has 0 aliphatic carbocycles. The zero-order valence-corrected chi connectivity index (χ0v) is 14.4. The fourth-order valence-electron chi connectivity index (χ4n) is 2.60. The highest BCUT2D eigenvalue weighted by Gasteiger charge is 2.06. The van der Waals surface area contributed by atoms with Crippen molar-refractivity contribution < 1.29 is 0 Å². The third-order valence-electron chi connectivity index (χ3n) is 3.73. The van der Waals surface area contributed by atoms with Crippen molar-refractivity contribution >= 4 is 0 Å². The highest BCUT2D eigenvalue weighted by atomic mass is 15.3. The van der Waals surface area contributed by atoms with E-state index in [4.69, 9.17) is 0 Å². The quantitative estimate of drug-likeness (QED) is 0.853. The van der Waals surface area contributed by atoms with Gasteiger partial charge in [-0.25, -0.2) is 0 Å². The molecule has 2 aromatic rings. The predicted octanol–water partition coefficient (Wildman–Crippen LogP) is 2.74. The van der Waals surface area contributed by atoms with Crippen LogP contribution in [0.15, 0.2) is 30.3 Å². The Balaban J connectivity index is 1.83. The monoisotopic (exact) mass is 300 g/mol. The average Bonchev–Trinajstić information content (AvgIpc) is 2.75. The molecule has 1 N–H and O–H groups in total. The van der Waals surface area contributed by atoms with Gasteiger partial charge in [0.2, 0.25) is 0 Å². The summed E-state index contributed by atoms with van der Waals surface area (Å²) >= 11 is 0. The number of benzene rings is 1. The molecule has 0 saturated carbocycles. The Kier molecular flexibility index (Phi) is 5.75. The summed E-state index contributed by atoms with van der Waals surface area (Å²) in [5.74, 6) is 0. The second kappa shape index (κ2) is 7.56. The van der Waals surface area contributed by atoms with E-state index in [1.807, 2.05) is 6.92 Å². The standard InChI is InChI=1S/C18H28N4/c1-14-10-16(3)22(20-14)12-15(2)19-11-17-6-8-18(9-7-17)13-21(4)5/h6-10,15,19H,11-13H2,1-5H3/t15-/m0/s1. The van der Waals surface area contributed by atoms with E-state index < -0.39 is 0 Å². The van der Waals surface area contributed by atoms with Gasteiger partial charge in [-0.3, -0.25) is 4.68 Å². The smallest absolute Gasteiger partial charge is 0.0596 e. The minimum Gasteiger partial charge on any atom is -0.308 e. The Morgan fingerprint density at radius 1 is 1.14 bits per heavy atom. The lowest BCUT2D eigenvalue weighted by Gasteiger charge is -2.15. The molecular formula is C18H28N4. The van der Waals surface area contributed by atoms with Crippen molar-refractivity contribution in [3.8, 4) is 0 Å². The molecule has 22 heavy (non-hydrogen) atoms. The van der Waals surface area contributed by atoms with Crippen LogP contribution in [0, 0.1) is 13.8 Å². The molecule has 1 aromatic heterocycles. The van der Waals surface area contributed by atoms with Gasteiger partial charge in [-0.05, 0) is 52.1 Å². The summed E-state index contributed by atoms with van der Waals surface area (Å²) in [6.07, 6.45) is 0. The largest absolute Gasteiger partial charge is 0.308 e. The van der Waals surface area contributed by atoms with Crippen LogP contribution in [0.3, 0.4) is 0 Å². The van der Waals surface area contributed by atoms with Crippen molar-refractivity contribution in [2.45, 2.75) is 46.4 Å². The van der Waals surface area contributed by atoms with Crippen LogP contribution in [0.4, 0.5) is 0 Å². The van der Waals surface area contributed by atoms with Crippen LogP contribution in [-0.2, 0) is 19.6 Å². The van der Waals surface area contributed by atoms with Gasteiger partial charge in [-0.15, -0.1) is 0 Å². The summed E-state index contributed by atoms with van der Waals surface area (Å²) in [6, 6.07) is 11.4. The van der Waals surface area contributed by atoms with Gasteiger partial charge in [-0.1, -0.05) is 24.3 Å². The average molecular weight is 300 g/mol. The lowest BCUT2D eigenvalue weighted by atomic mass is 10.1. The molecule has 2 rings (SSSR count). The minimum atomic E-state index is 0.388. The third kappa shape index (κ3) is 4.97. The Bertz CT molecular complexity index is 584. The van der Waals surface area contributed by atoms with E-state index in [9.17, 15) is 0 Å². The van der Waals surface area contributed by atoms with E-state index in [0.717, 1.165) is 25.3 Å². The Hall–Kier alpha value is -1.65. The van der Waals surface area contributed by atoms with Crippen LogP contribution in [0.1, 0.15) is 29.4 Å². The first-order chi connectivity index (χ1) is 10.4. The number of nitrogens with zero attached hydrogens (tertiary/aromatic N) is 3. The molecular weight excluding hydrogens is 272 g/mol. The number of rotatable bonds is 7. The molecule has 0 saturated heterocycles. The van der Waals surface area contributed by atoms with Gasteiger partial charge in [0.1, 0.15) is 0 Å². The van der Waals surface area contributed by atoms with Crippen molar-refractivity contribution in [2.75, 3.05) is 14.1 Å². The van der Waals surface area contributed by atoms with Crippen molar-refractivity contribution in [3.05, 3.63) is 52.8 Å². The molecule has 0 spiro atoms. The van der Waals surface area contributed by atoms with Gasteiger partial charge < -0.3 is 10.2 Å². The summed E-state index contributed by atoms with van der Waals surface area (Å²) < 4.78 is 2.08. The maximum absolute atomic E-state index is 4.52. The molecule has 4 heteroatoms. The number of hydrogen-bond donors (Lipinski definition) is 1. The van der Waals surface area contributed by atoms with E-state index in [-0.39, 0.29) is 0 Å². The number of hydrogen-bond acceptors (Lipinski definition) is 3. The molecule has 1 aromatic carbocycles. The first-order valence-electron chi connectivity index (χ1n) is 7.91. The topological polar surface area (TPSA) is 33.1 Å². The second-order valence-electron chi connectivity index (χ2n) is 6.45. The molecule has 0 aliphatic rings. The summed E-state index contributed by atoms with van der Waals surface area (Å²) in [4.78, 5) is 2.18. The van der Waals surface area contributed by atoms with Crippen LogP contribution in [0.2, 0.25) is 0 Å². The van der Waals surface area contributed by atoms with Gasteiger partial charge >= 0.3 is 0 Å². The lowest BCUT2D eigenvalue weighted by Crippen LogP contribution is -2.30. The molecule has 120 valence electrons. The van der Waals surface area contributed by atoms with E-state index in [2.05, 4.69) is 78.3 Å². The number of nitrogens with one attached hydrogen (secondary N) is 1. The fraction of sp³-hybridized carbons (Fsp3) is 0.500. The van der Waals surface area contributed by atoms with E-state index >= 15 is 0 Å². The van der Waals surface area contributed by atoms with Crippen LogP contribution in [-0.4, -0.2) is 34.8 Å². The fourth-order valence-corrected chi connectivity index (χ4v) is 2.60. The Morgan fingerprint density at radius 2 is 1.77 bits per heavy atom. The van der Waals surface area contributed by atoms with Crippen molar-refractivity contribution in [3.63, 3.8) is 0 Å². The normalized spacial score (nSPS) is 12.8. The second-order valence-corrected chi connectivity index (χ2v) is 6.45. The summed E-state index contributed by atoms with van der Waals surface area (Å²) in [6.45, 7) is 9.13. The molecule has 0 bridgehead atoms. The first kappa shape index (κ1) is 16.7. The lowest BCUT2D eigenvalue weighted by molar-refractivity contribution is 0.402. The molecule has 0 radical (unpaired) electrons. The van der Waals surface area contributed by atoms with Crippen LogP contribution < -0.4 is 5.32 Å². The summed E-state index contributed by atoms with van der Waals surface area (Å²) in [7, 11) is 4.19. The van der Waals surface area contributed by atoms with Crippen molar-refractivity contribution in [2.24, 2.45) is 0 Å². The first-order valence-corrected chi connectivity index (χ1v) is 7.91. The zero-order chi connectivity index (χ0) is 16.1. The predicted molar refractivity (Wildman–Crippen MR) is 91.8 cm³/mol. The highest BCUT2D eigenvalue weighted by molar-refractivity contribution is 5.22. The Morgan fingerprint density at radius 3 is 2.32 bits per heavy atom. The van der Waals surface area contributed by atoms with Crippen LogP contribution in [0.25, 0.3) is 0 Å². The highest BCUT2D eigenvalue weighted by Crippen LogP contribution is 2.07. The van der Waals surface area contributed by atoms with Gasteiger partial charge in [0.15, 0.2) is 0 Å². The SMILES string of the molecule is Cc1cc(C)n(C[C@H](C)NCc2ccc(CN(C)C)cc2)n1. The molecule has 1 heterocycles.